The fourth-order valence-electron chi connectivity index (χ4n) is 2.40. The molecule has 2 rings (SSSR count). The molecule has 1 heterocycles. The van der Waals surface area contributed by atoms with Crippen LogP contribution in [0.5, 0.6) is 0 Å². The predicted octanol–water partition coefficient (Wildman–Crippen LogP) is 3.91. The Kier molecular flexibility index (Phi) is 4.04. The van der Waals surface area contributed by atoms with Gasteiger partial charge >= 0.3 is 0 Å². The van der Waals surface area contributed by atoms with Crippen molar-refractivity contribution in [1.29, 1.82) is 0 Å². The number of hydrogen-bond donors (Lipinski definition) is 1. The van der Waals surface area contributed by atoms with E-state index >= 15 is 0 Å². The number of nitrogens with one attached hydrogen (secondary N) is 1. The number of aryl methyl sites for hydroxylation is 1. The Morgan fingerprint density at radius 1 is 1.25 bits per heavy atom. The van der Waals surface area contributed by atoms with Gasteiger partial charge in [-0.1, -0.05) is 34.5 Å². The third kappa shape index (κ3) is 3.33. The van der Waals surface area contributed by atoms with E-state index < -0.39 is 0 Å². The highest BCUT2D eigenvalue weighted by molar-refractivity contribution is 9.10. The van der Waals surface area contributed by atoms with Crippen molar-refractivity contribution in [2.24, 2.45) is 0 Å². The van der Waals surface area contributed by atoms with Gasteiger partial charge in [-0.05, 0) is 56.8 Å². The molecule has 88 valence electrons. The highest BCUT2D eigenvalue weighted by atomic mass is 79.9. The van der Waals surface area contributed by atoms with Gasteiger partial charge in [0.05, 0.1) is 0 Å². The number of rotatable bonds is 3. The van der Waals surface area contributed by atoms with Crippen molar-refractivity contribution in [2.75, 3.05) is 6.54 Å². The van der Waals surface area contributed by atoms with Crippen molar-refractivity contribution < 1.29 is 0 Å². The highest BCUT2D eigenvalue weighted by Gasteiger charge is 2.25. The van der Waals surface area contributed by atoms with Crippen molar-refractivity contribution >= 4 is 15.9 Å². The largest absolute Gasteiger partial charge is 0.312 e. The van der Waals surface area contributed by atoms with Gasteiger partial charge in [-0.15, -0.1) is 0 Å². The lowest BCUT2D eigenvalue weighted by molar-refractivity contribution is 0.261. The van der Waals surface area contributed by atoms with Crippen LogP contribution in [-0.2, 0) is 6.42 Å². The van der Waals surface area contributed by atoms with Crippen LogP contribution in [0.2, 0.25) is 0 Å². The van der Waals surface area contributed by atoms with Gasteiger partial charge in [-0.25, -0.2) is 0 Å². The highest BCUT2D eigenvalue weighted by Crippen LogP contribution is 2.24. The summed E-state index contributed by atoms with van der Waals surface area (Å²) in [7, 11) is 0. The first kappa shape index (κ1) is 12.1. The number of hydrogen-bond acceptors (Lipinski definition) is 1. The molecule has 16 heavy (non-hydrogen) atoms. The molecule has 0 amide bonds. The molecule has 1 aliphatic rings. The minimum atomic E-state index is 0.366. The molecule has 0 saturated carbocycles. The van der Waals surface area contributed by atoms with Crippen LogP contribution in [0.1, 0.15) is 38.2 Å². The summed E-state index contributed by atoms with van der Waals surface area (Å²) in [4.78, 5) is 0. The summed E-state index contributed by atoms with van der Waals surface area (Å²) in [6.45, 7) is 3.56. The Labute approximate surface area is 107 Å². The summed E-state index contributed by atoms with van der Waals surface area (Å²) >= 11 is 3.47. The molecule has 0 spiro atoms. The molecule has 0 bridgehead atoms. The minimum Gasteiger partial charge on any atom is -0.312 e. The van der Waals surface area contributed by atoms with Gasteiger partial charge in [0.25, 0.3) is 0 Å². The standard InChI is InChI=1S/C14H20BrN/c1-14(9-2-3-11-16-14)10-8-12-4-6-13(15)7-5-12/h4-7,16H,2-3,8-11H2,1H3. The molecule has 1 N–H and O–H groups in total. The predicted molar refractivity (Wildman–Crippen MR) is 72.7 cm³/mol. The van der Waals surface area contributed by atoms with Gasteiger partial charge in [-0.2, -0.15) is 0 Å². The van der Waals surface area contributed by atoms with Crippen molar-refractivity contribution in [3.05, 3.63) is 34.3 Å². The van der Waals surface area contributed by atoms with Gasteiger partial charge in [0.15, 0.2) is 0 Å². The molecule has 1 aliphatic heterocycles. The topological polar surface area (TPSA) is 12.0 Å². The molecule has 1 aromatic carbocycles. The summed E-state index contributed by atoms with van der Waals surface area (Å²) in [5.74, 6) is 0. The van der Waals surface area contributed by atoms with Gasteiger partial charge in [0.1, 0.15) is 0 Å². The average molecular weight is 282 g/mol. The first-order valence-electron chi connectivity index (χ1n) is 6.17. The molecule has 1 unspecified atom stereocenters. The van der Waals surface area contributed by atoms with Crippen molar-refractivity contribution in [3.63, 3.8) is 0 Å². The lowest BCUT2D eigenvalue weighted by Crippen LogP contribution is -2.46. The van der Waals surface area contributed by atoms with E-state index in [0.29, 0.717) is 5.54 Å². The van der Waals surface area contributed by atoms with E-state index in [2.05, 4.69) is 52.4 Å². The van der Waals surface area contributed by atoms with E-state index in [0.717, 1.165) is 0 Å². The molecule has 1 saturated heterocycles. The van der Waals surface area contributed by atoms with E-state index in [9.17, 15) is 0 Å². The molecular weight excluding hydrogens is 262 g/mol. The fourth-order valence-corrected chi connectivity index (χ4v) is 2.67. The SMILES string of the molecule is CC1(CCc2ccc(Br)cc2)CCCCN1. The zero-order valence-corrected chi connectivity index (χ0v) is 11.5. The van der Waals surface area contributed by atoms with Crippen molar-refractivity contribution in [1.82, 2.24) is 5.32 Å². The Morgan fingerprint density at radius 3 is 2.62 bits per heavy atom. The van der Waals surface area contributed by atoms with E-state index in [1.807, 2.05) is 0 Å². The summed E-state index contributed by atoms with van der Waals surface area (Å²) in [5, 5.41) is 3.67. The van der Waals surface area contributed by atoms with Gasteiger partial charge < -0.3 is 5.32 Å². The van der Waals surface area contributed by atoms with Crippen LogP contribution in [0, 0.1) is 0 Å². The summed E-state index contributed by atoms with van der Waals surface area (Å²) < 4.78 is 1.17. The third-order valence-electron chi connectivity index (χ3n) is 3.59. The normalized spacial score (nSPS) is 25.6. The lowest BCUT2D eigenvalue weighted by atomic mass is 9.85. The zero-order chi connectivity index (χ0) is 11.4. The van der Waals surface area contributed by atoms with Gasteiger partial charge in [-0.3, -0.25) is 0 Å². The molecule has 1 aromatic rings. The van der Waals surface area contributed by atoms with E-state index in [1.165, 1.54) is 48.7 Å². The molecule has 1 nitrogen and oxygen atoms in total. The minimum absolute atomic E-state index is 0.366. The molecule has 0 radical (unpaired) electrons. The molecule has 1 atom stereocenters. The van der Waals surface area contributed by atoms with E-state index in [1.54, 1.807) is 0 Å². The summed E-state index contributed by atoms with van der Waals surface area (Å²) in [5.41, 5.74) is 1.81. The summed E-state index contributed by atoms with van der Waals surface area (Å²) in [6, 6.07) is 8.70. The van der Waals surface area contributed by atoms with Crippen LogP contribution in [0.15, 0.2) is 28.7 Å². The second kappa shape index (κ2) is 5.33. The second-order valence-corrected chi connectivity index (χ2v) is 5.99. The molecule has 1 fully saturated rings. The zero-order valence-electron chi connectivity index (χ0n) is 9.93. The Hall–Kier alpha value is -0.340. The maximum atomic E-state index is 3.67. The van der Waals surface area contributed by atoms with Gasteiger partial charge in [0.2, 0.25) is 0 Å². The number of benzene rings is 1. The Bertz CT molecular complexity index is 325. The molecule has 2 heteroatoms. The monoisotopic (exact) mass is 281 g/mol. The van der Waals surface area contributed by atoms with E-state index in [-0.39, 0.29) is 0 Å². The third-order valence-corrected chi connectivity index (χ3v) is 4.11. The molecule has 0 aliphatic carbocycles. The molecule has 0 aromatic heterocycles. The van der Waals surface area contributed by atoms with Crippen molar-refractivity contribution in [3.8, 4) is 0 Å². The van der Waals surface area contributed by atoms with E-state index in [4.69, 9.17) is 0 Å². The lowest BCUT2D eigenvalue weighted by Gasteiger charge is -2.35. The quantitative estimate of drug-likeness (QED) is 0.886. The van der Waals surface area contributed by atoms with Crippen LogP contribution < -0.4 is 5.32 Å². The van der Waals surface area contributed by atoms with Crippen LogP contribution in [0.4, 0.5) is 0 Å². The van der Waals surface area contributed by atoms with Crippen molar-refractivity contribution in [2.45, 2.75) is 44.6 Å². The Morgan fingerprint density at radius 2 is 2.00 bits per heavy atom. The first-order valence-corrected chi connectivity index (χ1v) is 6.97. The summed E-state index contributed by atoms with van der Waals surface area (Å²) in [6.07, 6.45) is 6.46. The van der Waals surface area contributed by atoms with Crippen LogP contribution in [0.3, 0.4) is 0 Å². The maximum Gasteiger partial charge on any atom is 0.0175 e. The average Bonchev–Trinajstić information content (AvgIpc) is 2.29. The molecular formula is C14H20BrN. The smallest absolute Gasteiger partial charge is 0.0175 e. The fraction of sp³-hybridized carbons (Fsp3) is 0.571. The van der Waals surface area contributed by atoms with Crippen LogP contribution in [-0.4, -0.2) is 12.1 Å². The second-order valence-electron chi connectivity index (χ2n) is 5.07. The maximum absolute atomic E-state index is 3.67. The number of piperidine rings is 1. The van der Waals surface area contributed by atoms with Gasteiger partial charge in [0, 0.05) is 10.0 Å². The first-order chi connectivity index (χ1) is 7.68. The number of halogens is 1. The van der Waals surface area contributed by atoms with Crippen LogP contribution in [0.25, 0.3) is 0 Å². The Balaban J connectivity index is 1.88. The van der Waals surface area contributed by atoms with Crippen LogP contribution >= 0.6 is 15.9 Å².